The standard InChI is InChI=1S/C26H39Cl2NO2S/c1-2-3-4-5-6-7-8-9-10-11-12-13-14-17-20-29-32(30,31)25-21-24(27)22-18-15-16-19-23(22)26(25)28/h15-16,18-19,21,29H,2-14,17,20H2,1H3. The Morgan fingerprint density at radius 1 is 0.719 bits per heavy atom. The zero-order valence-corrected chi connectivity index (χ0v) is 21.8. The molecule has 0 fully saturated rings. The Morgan fingerprint density at radius 3 is 1.72 bits per heavy atom. The van der Waals surface area contributed by atoms with Gasteiger partial charge in [-0.05, 0) is 12.5 Å². The average Bonchev–Trinajstić information content (AvgIpc) is 2.78. The van der Waals surface area contributed by atoms with Gasteiger partial charge in [-0.1, -0.05) is 138 Å². The van der Waals surface area contributed by atoms with Crippen LogP contribution in [0.1, 0.15) is 96.8 Å². The van der Waals surface area contributed by atoms with E-state index >= 15 is 0 Å². The Labute approximate surface area is 205 Å². The molecule has 0 radical (unpaired) electrons. The summed E-state index contributed by atoms with van der Waals surface area (Å²) in [5.74, 6) is 0. The van der Waals surface area contributed by atoms with Gasteiger partial charge >= 0.3 is 0 Å². The number of sulfonamides is 1. The maximum Gasteiger partial charge on any atom is 0.242 e. The summed E-state index contributed by atoms with van der Waals surface area (Å²) >= 11 is 12.7. The molecule has 180 valence electrons. The van der Waals surface area contributed by atoms with Crippen LogP contribution >= 0.6 is 23.2 Å². The van der Waals surface area contributed by atoms with E-state index in [1.165, 1.54) is 76.7 Å². The van der Waals surface area contributed by atoms with Crippen LogP contribution in [0.15, 0.2) is 35.2 Å². The Balaban J connectivity index is 1.59. The summed E-state index contributed by atoms with van der Waals surface area (Å²) in [4.78, 5) is 0.0493. The second-order valence-corrected chi connectivity index (χ2v) is 11.2. The Hall–Kier alpha value is -0.810. The fourth-order valence-electron chi connectivity index (χ4n) is 4.07. The van der Waals surface area contributed by atoms with Gasteiger partial charge in [0, 0.05) is 22.3 Å². The molecule has 0 heterocycles. The predicted molar refractivity (Wildman–Crippen MR) is 139 cm³/mol. The maximum absolute atomic E-state index is 12.7. The average molecular weight is 501 g/mol. The van der Waals surface area contributed by atoms with Gasteiger partial charge in [0.25, 0.3) is 0 Å². The topological polar surface area (TPSA) is 46.2 Å². The molecular formula is C26H39Cl2NO2S. The van der Waals surface area contributed by atoms with E-state index < -0.39 is 10.0 Å². The lowest BCUT2D eigenvalue weighted by Gasteiger charge is -2.11. The van der Waals surface area contributed by atoms with Crippen LogP contribution in [0.25, 0.3) is 10.8 Å². The molecule has 0 atom stereocenters. The summed E-state index contributed by atoms with van der Waals surface area (Å²) < 4.78 is 28.1. The van der Waals surface area contributed by atoms with Gasteiger partial charge in [0.05, 0.1) is 5.02 Å². The molecule has 0 aliphatic heterocycles. The number of fused-ring (bicyclic) bond motifs is 1. The lowest BCUT2D eigenvalue weighted by molar-refractivity contribution is 0.533. The maximum atomic E-state index is 12.7. The van der Waals surface area contributed by atoms with Crippen LogP contribution in [-0.2, 0) is 10.0 Å². The van der Waals surface area contributed by atoms with Crippen molar-refractivity contribution in [1.29, 1.82) is 0 Å². The number of benzene rings is 2. The van der Waals surface area contributed by atoms with Crippen molar-refractivity contribution in [1.82, 2.24) is 4.72 Å². The number of hydrogen-bond acceptors (Lipinski definition) is 2. The molecule has 32 heavy (non-hydrogen) atoms. The van der Waals surface area contributed by atoms with E-state index in [1.54, 1.807) is 6.07 Å². The lowest BCUT2D eigenvalue weighted by Crippen LogP contribution is -2.25. The minimum absolute atomic E-state index is 0.0493. The predicted octanol–water partition coefficient (Wildman–Crippen LogP) is 8.91. The number of hydrogen-bond donors (Lipinski definition) is 1. The van der Waals surface area contributed by atoms with E-state index in [-0.39, 0.29) is 9.92 Å². The molecular weight excluding hydrogens is 461 g/mol. The van der Waals surface area contributed by atoms with Crippen molar-refractivity contribution in [2.75, 3.05) is 6.54 Å². The number of rotatable bonds is 17. The quantitative estimate of drug-likeness (QED) is 0.220. The van der Waals surface area contributed by atoms with E-state index in [0.717, 1.165) is 24.6 Å². The van der Waals surface area contributed by atoms with E-state index in [1.807, 2.05) is 18.2 Å². The summed E-state index contributed by atoms with van der Waals surface area (Å²) in [6.07, 6.45) is 17.9. The Bertz CT molecular complexity index is 915. The van der Waals surface area contributed by atoms with E-state index in [4.69, 9.17) is 23.2 Å². The fourth-order valence-corrected chi connectivity index (χ4v) is 6.12. The third-order valence-corrected chi connectivity index (χ3v) is 8.32. The molecule has 6 heteroatoms. The normalized spacial score (nSPS) is 12.0. The van der Waals surface area contributed by atoms with Gasteiger partial charge < -0.3 is 0 Å². The molecule has 2 aromatic carbocycles. The van der Waals surface area contributed by atoms with Gasteiger partial charge in [0.15, 0.2) is 0 Å². The van der Waals surface area contributed by atoms with Crippen LogP contribution < -0.4 is 4.72 Å². The second kappa shape index (κ2) is 15.2. The third kappa shape index (κ3) is 9.21. The Morgan fingerprint density at radius 2 is 1.19 bits per heavy atom. The Kier molecular flexibility index (Phi) is 13.0. The summed E-state index contributed by atoms with van der Waals surface area (Å²) in [6, 6.07) is 8.74. The van der Waals surface area contributed by atoms with Gasteiger partial charge in [-0.2, -0.15) is 0 Å². The van der Waals surface area contributed by atoms with Gasteiger partial charge in [-0.25, -0.2) is 13.1 Å². The van der Waals surface area contributed by atoms with Crippen LogP contribution in [0.5, 0.6) is 0 Å². The summed E-state index contributed by atoms with van der Waals surface area (Å²) in [5, 5.41) is 2.02. The summed E-state index contributed by atoms with van der Waals surface area (Å²) in [5.41, 5.74) is 0. The molecule has 0 saturated heterocycles. The van der Waals surface area contributed by atoms with Crippen LogP contribution in [0, 0.1) is 0 Å². The van der Waals surface area contributed by atoms with Crippen molar-refractivity contribution >= 4 is 44.0 Å². The first-order valence-electron chi connectivity index (χ1n) is 12.3. The van der Waals surface area contributed by atoms with Crippen LogP contribution in [0.3, 0.4) is 0 Å². The van der Waals surface area contributed by atoms with Gasteiger partial charge in [0.1, 0.15) is 4.90 Å². The third-order valence-electron chi connectivity index (χ3n) is 6.01. The van der Waals surface area contributed by atoms with Gasteiger partial charge in [0.2, 0.25) is 10.0 Å². The monoisotopic (exact) mass is 499 g/mol. The largest absolute Gasteiger partial charge is 0.242 e. The smallest absolute Gasteiger partial charge is 0.211 e. The molecule has 2 aromatic rings. The first kappa shape index (κ1) is 27.4. The van der Waals surface area contributed by atoms with Crippen molar-refractivity contribution in [3.63, 3.8) is 0 Å². The molecule has 0 amide bonds. The molecule has 0 aromatic heterocycles. The number of halogens is 2. The van der Waals surface area contributed by atoms with Crippen LogP contribution in [-0.4, -0.2) is 15.0 Å². The highest BCUT2D eigenvalue weighted by Crippen LogP contribution is 2.35. The van der Waals surface area contributed by atoms with E-state index in [2.05, 4.69) is 11.6 Å². The fraction of sp³-hybridized carbons (Fsp3) is 0.615. The zero-order valence-electron chi connectivity index (χ0n) is 19.5. The van der Waals surface area contributed by atoms with E-state index in [0.29, 0.717) is 17.0 Å². The minimum atomic E-state index is -3.69. The minimum Gasteiger partial charge on any atom is -0.211 e. The van der Waals surface area contributed by atoms with Crippen molar-refractivity contribution in [3.05, 3.63) is 40.4 Å². The highest BCUT2D eigenvalue weighted by molar-refractivity contribution is 7.89. The SMILES string of the molecule is CCCCCCCCCCCCCCCCNS(=O)(=O)c1cc(Cl)c2ccccc2c1Cl. The van der Waals surface area contributed by atoms with Gasteiger partial charge in [-0.3, -0.25) is 0 Å². The zero-order chi connectivity index (χ0) is 23.2. The van der Waals surface area contributed by atoms with Crippen molar-refractivity contribution < 1.29 is 8.42 Å². The van der Waals surface area contributed by atoms with Gasteiger partial charge in [-0.15, -0.1) is 0 Å². The molecule has 0 aliphatic rings. The first-order valence-corrected chi connectivity index (χ1v) is 14.6. The first-order chi connectivity index (χ1) is 15.5. The van der Waals surface area contributed by atoms with Crippen molar-refractivity contribution in [2.45, 2.75) is 102 Å². The summed E-state index contributed by atoms with van der Waals surface area (Å²) in [6.45, 7) is 2.68. The lowest BCUT2D eigenvalue weighted by atomic mass is 10.0. The summed E-state index contributed by atoms with van der Waals surface area (Å²) in [7, 11) is -3.69. The highest BCUT2D eigenvalue weighted by Gasteiger charge is 2.20. The molecule has 3 nitrogen and oxygen atoms in total. The van der Waals surface area contributed by atoms with Crippen LogP contribution in [0.4, 0.5) is 0 Å². The molecule has 0 aliphatic carbocycles. The van der Waals surface area contributed by atoms with Crippen LogP contribution in [0.2, 0.25) is 10.0 Å². The van der Waals surface area contributed by atoms with Crippen molar-refractivity contribution in [2.24, 2.45) is 0 Å². The number of nitrogens with one attached hydrogen (secondary N) is 1. The molecule has 0 spiro atoms. The van der Waals surface area contributed by atoms with Crippen molar-refractivity contribution in [3.8, 4) is 0 Å². The molecule has 1 N–H and O–H groups in total. The number of unbranched alkanes of at least 4 members (excludes halogenated alkanes) is 13. The highest BCUT2D eigenvalue weighted by atomic mass is 35.5. The second-order valence-electron chi connectivity index (χ2n) is 8.71. The molecule has 0 saturated carbocycles. The molecule has 0 unspecified atom stereocenters. The molecule has 2 rings (SSSR count). The molecule has 0 bridgehead atoms. The van der Waals surface area contributed by atoms with E-state index in [9.17, 15) is 8.42 Å².